The lowest BCUT2D eigenvalue weighted by molar-refractivity contribution is -0.138. The van der Waals surface area contributed by atoms with Crippen LogP contribution >= 0.6 is 0 Å². The van der Waals surface area contributed by atoms with Crippen LogP contribution in [0.15, 0.2) is 0 Å². The number of rotatable bonds is 5. The second-order valence-corrected chi connectivity index (χ2v) is 5.37. The second-order valence-electron chi connectivity index (χ2n) is 5.37. The minimum absolute atomic E-state index is 0.0234. The summed E-state index contributed by atoms with van der Waals surface area (Å²) in [7, 11) is 0. The molecule has 3 unspecified atom stereocenters. The highest BCUT2D eigenvalue weighted by Crippen LogP contribution is 2.18. The van der Waals surface area contributed by atoms with E-state index in [4.69, 9.17) is 9.84 Å². The van der Waals surface area contributed by atoms with Gasteiger partial charge in [0.25, 0.3) is 0 Å². The number of amides is 2. The number of nitrogens with zero attached hydrogens (tertiary/aromatic N) is 2. The average Bonchev–Trinajstić information content (AvgIpc) is 2.38. The van der Waals surface area contributed by atoms with Gasteiger partial charge in [-0.1, -0.05) is 6.92 Å². The van der Waals surface area contributed by atoms with Gasteiger partial charge in [0, 0.05) is 19.1 Å². The molecule has 6 nitrogen and oxygen atoms in total. The van der Waals surface area contributed by atoms with Crippen molar-refractivity contribution < 1.29 is 19.4 Å². The van der Waals surface area contributed by atoms with E-state index in [-0.39, 0.29) is 30.6 Å². The minimum atomic E-state index is -0.883. The molecule has 1 saturated heterocycles. The number of urea groups is 1. The number of carbonyl (C=O) groups excluding carboxylic acids is 1. The number of aliphatic carboxylic acids is 1. The maximum atomic E-state index is 12.7. The van der Waals surface area contributed by atoms with Gasteiger partial charge in [-0.2, -0.15) is 0 Å². The van der Waals surface area contributed by atoms with Crippen molar-refractivity contribution in [3.8, 4) is 0 Å². The van der Waals surface area contributed by atoms with E-state index in [1.54, 1.807) is 11.8 Å². The number of carboxylic acid groups (broad SMARTS) is 1. The number of hydrogen-bond acceptors (Lipinski definition) is 3. The van der Waals surface area contributed by atoms with Gasteiger partial charge in [-0.25, -0.2) is 4.79 Å². The summed E-state index contributed by atoms with van der Waals surface area (Å²) in [5.74, 6) is -0.883. The third kappa shape index (κ3) is 4.10. The van der Waals surface area contributed by atoms with Crippen molar-refractivity contribution >= 4 is 12.0 Å². The Hall–Kier alpha value is -1.30. The standard InChI is InChI=1S/C14H26N2O4/c1-5-12-9-20-11(4)8-16(12)14(19)15(6-2)10(3)7-13(17)18/h10-12H,5-9H2,1-4H3,(H,17,18). The Morgan fingerprint density at radius 2 is 2.10 bits per heavy atom. The molecule has 1 rings (SSSR count). The Balaban J connectivity index is 2.79. The molecule has 0 aromatic carbocycles. The summed E-state index contributed by atoms with van der Waals surface area (Å²) < 4.78 is 5.59. The normalized spacial score (nSPS) is 24.3. The maximum Gasteiger partial charge on any atom is 0.320 e. The molecule has 0 bridgehead atoms. The predicted molar refractivity (Wildman–Crippen MR) is 75.7 cm³/mol. The second kappa shape index (κ2) is 7.47. The number of hydrogen-bond donors (Lipinski definition) is 1. The molecule has 0 aliphatic carbocycles. The zero-order valence-electron chi connectivity index (χ0n) is 12.8. The molecule has 2 amide bonds. The van der Waals surface area contributed by atoms with Gasteiger partial charge in [0.15, 0.2) is 0 Å². The first-order valence-electron chi connectivity index (χ1n) is 7.31. The smallest absolute Gasteiger partial charge is 0.320 e. The molecule has 0 radical (unpaired) electrons. The fourth-order valence-electron chi connectivity index (χ4n) is 2.58. The van der Waals surface area contributed by atoms with Crippen molar-refractivity contribution in [1.29, 1.82) is 0 Å². The topological polar surface area (TPSA) is 70.1 Å². The van der Waals surface area contributed by atoms with Crippen LogP contribution in [0.2, 0.25) is 0 Å². The molecule has 116 valence electrons. The van der Waals surface area contributed by atoms with E-state index in [2.05, 4.69) is 0 Å². The lowest BCUT2D eigenvalue weighted by atomic mass is 10.1. The first-order chi connectivity index (χ1) is 9.40. The van der Waals surface area contributed by atoms with Gasteiger partial charge < -0.3 is 19.6 Å². The number of morpholine rings is 1. The molecule has 1 heterocycles. The summed E-state index contributed by atoms with van der Waals surface area (Å²) >= 11 is 0. The molecule has 0 saturated carbocycles. The van der Waals surface area contributed by atoms with E-state index in [1.165, 1.54) is 0 Å². The molecule has 0 aromatic heterocycles. The Morgan fingerprint density at radius 3 is 2.60 bits per heavy atom. The predicted octanol–water partition coefficient (Wildman–Crippen LogP) is 1.79. The quantitative estimate of drug-likeness (QED) is 0.836. The molecule has 3 atom stereocenters. The molecule has 1 aliphatic heterocycles. The van der Waals surface area contributed by atoms with E-state index in [0.717, 1.165) is 6.42 Å². The fraction of sp³-hybridized carbons (Fsp3) is 0.857. The van der Waals surface area contributed by atoms with Gasteiger partial charge in [-0.15, -0.1) is 0 Å². The van der Waals surface area contributed by atoms with Gasteiger partial charge in [-0.3, -0.25) is 4.79 Å². The van der Waals surface area contributed by atoms with Crippen molar-refractivity contribution in [1.82, 2.24) is 9.80 Å². The average molecular weight is 286 g/mol. The molecule has 20 heavy (non-hydrogen) atoms. The van der Waals surface area contributed by atoms with E-state index < -0.39 is 5.97 Å². The van der Waals surface area contributed by atoms with Crippen molar-refractivity contribution in [2.45, 2.75) is 58.7 Å². The summed E-state index contributed by atoms with van der Waals surface area (Å²) in [6.07, 6.45) is 0.829. The number of carbonyl (C=O) groups is 2. The minimum Gasteiger partial charge on any atom is -0.481 e. The Morgan fingerprint density at radius 1 is 1.45 bits per heavy atom. The summed E-state index contributed by atoms with van der Waals surface area (Å²) in [6.45, 7) is 9.25. The molecular formula is C14H26N2O4. The van der Waals surface area contributed by atoms with E-state index >= 15 is 0 Å². The summed E-state index contributed by atoms with van der Waals surface area (Å²) in [5.41, 5.74) is 0. The fourth-order valence-corrected chi connectivity index (χ4v) is 2.58. The van der Waals surface area contributed by atoms with Crippen LogP contribution in [-0.2, 0) is 9.53 Å². The van der Waals surface area contributed by atoms with Crippen LogP contribution in [0.25, 0.3) is 0 Å². The Kier molecular flexibility index (Phi) is 6.26. The maximum absolute atomic E-state index is 12.7. The molecule has 1 fully saturated rings. The van der Waals surface area contributed by atoms with E-state index in [9.17, 15) is 9.59 Å². The lowest BCUT2D eigenvalue weighted by Crippen LogP contribution is -2.57. The Labute approximate surface area is 120 Å². The zero-order chi connectivity index (χ0) is 15.3. The van der Waals surface area contributed by atoms with Gasteiger partial charge in [-0.05, 0) is 27.2 Å². The van der Waals surface area contributed by atoms with Gasteiger partial charge in [0.1, 0.15) is 0 Å². The molecule has 1 aliphatic rings. The van der Waals surface area contributed by atoms with Crippen LogP contribution in [0.3, 0.4) is 0 Å². The van der Waals surface area contributed by atoms with Crippen molar-refractivity contribution in [3.05, 3.63) is 0 Å². The first kappa shape index (κ1) is 16.8. The number of ether oxygens (including phenoxy) is 1. The zero-order valence-corrected chi connectivity index (χ0v) is 12.8. The van der Waals surface area contributed by atoms with Gasteiger partial charge >= 0.3 is 12.0 Å². The SMILES string of the molecule is CCC1COC(C)CN1C(=O)N(CC)C(C)CC(=O)O. The molecular weight excluding hydrogens is 260 g/mol. The molecule has 0 spiro atoms. The first-order valence-corrected chi connectivity index (χ1v) is 7.31. The molecule has 0 aromatic rings. The summed E-state index contributed by atoms with van der Waals surface area (Å²) in [5, 5.41) is 8.89. The van der Waals surface area contributed by atoms with Crippen LogP contribution in [0.5, 0.6) is 0 Å². The number of carboxylic acids is 1. The highest BCUT2D eigenvalue weighted by Gasteiger charge is 2.33. The third-order valence-corrected chi connectivity index (χ3v) is 3.77. The summed E-state index contributed by atoms with van der Waals surface area (Å²) in [4.78, 5) is 27.0. The van der Waals surface area contributed by atoms with Crippen LogP contribution in [0.4, 0.5) is 4.79 Å². The summed E-state index contributed by atoms with van der Waals surface area (Å²) in [6, 6.07) is -0.311. The van der Waals surface area contributed by atoms with Gasteiger partial charge in [0.2, 0.25) is 0 Å². The molecule has 6 heteroatoms. The highest BCUT2D eigenvalue weighted by molar-refractivity contribution is 5.76. The van der Waals surface area contributed by atoms with Crippen molar-refractivity contribution in [2.24, 2.45) is 0 Å². The van der Waals surface area contributed by atoms with Crippen LogP contribution in [0.1, 0.15) is 40.5 Å². The van der Waals surface area contributed by atoms with Crippen molar-refractivity contribution in [3.63, 3.8) is 0 Å². The third-order valence-electron chi connectivity index (χ3n) is 3.77. The lowest BCUT2D eigenvalue weighted by Gasteiger charge is -2.42. The molecule has 1 N–H and O–H groups in total. The van der Waals surface area contributed by atoms with Crippen molar-refractivity contribution in [2.75, 3.05) is 19.7 Å². The van der Waals surface area contributed by atoms with E-state index in [0.29, 0.717) is 19.7 Å². The van der Waals surface area contributed by atoms with Gasteiger partial charge in [0.05, 0.1) is 25.2 Å². The highest BCUT2D eigenvalue weighted by atomic mass is 16.5. The van der Waals surface area contributed by atoms with Crippen LogP contribution < -0.4 is 0 Å². The van der Waals surface area contributed by atoms with Crippen LogP contribution in [-0.4, -0.2) is 64.8 Å². The largest absolute Gasteiger partial charge is 0.481 e. The van der Waals surface area contributed by atoms with E-state index in [1.807, 2.05) is 25.7 Å². The monoisotopic (exact) mass is 286 g/mol. The Bertz CT molecular complexity index is 348. The van der Waals surface area contributed by atoms with Crippen LogP contribution in [0, 0.1) is 0 Å².